The van der Waals surface area contributed by atoms with Crippen LogP contribution >= 0.6 is 0 Å². The molecule has 2 heterocycles. The number of ether oxygens (including phenoxy) is 1. The number of amides is 2. The summed E-state index contributed by atoms with van der Waals surface area (Å²) in [5.74, 6) is 0.645. The number of pyridine rings is 2. The Morgan fingerprint density at radius 3 is 2.36 bits per heavy atom. The molecule has 168 valence electrons. The van der Waals surface area contributed by atoms with Gasteiger partial charge in [-0.15, -0.1) is 0 Å². The minimum absolute atomic E-state index is 0.172. The van der Waals surface area contributed by atoms with E-state index >= 15 is 0 Å². The Morgan fingerprint density at radius 2 is 1.67 bits per heavy atom. The fraction of sp³-hybridized carbons (Fsp3) is 0.192. The number of carbonyl (C=O) groups excluding carboxylic acids is 1. The number of urea groups is 1. The molecular formula is C26H26N4O3. The highest BCUT2D eigenvalue weighted by molar-refractivity contribution is 6.07. The number of hydrogen-bond acceptors (Lipinski definition) is 4. The fourth-order valence-electron chi connectivity index (χ4n) is 4.19. The lowest BCUT2D eigenvalue weighted by Crippen LogP contribution is -2.29. The van der Waals surface area contributed by atoms with Gasteiger partial charge >= 0.3 is 6.03 Å². The predicted octanol–water partition coefficient (Wildman–Crippen LogP) is 5.18. The van der Waals surface area contributed by atoms with Gasteiger partial charge < -0.3 is 15.4 Å². The molecule has 7 nitrogen and oxygen atoms in total. The number of aromatic nitrogens is 2. The van der Waals surface area contributed by atoms with Crippen LogP contribution in [-0.4, -0.2) is 22.7 Å². The molecule has 4 aromatic rings. The summed E-state index contributed by atoms with van der Waals surface area (Å²) >= 11 is 0. The summed E-state index contributed by atoms with van der Waals surface area (Å²) in [6.07, 6.45) is 1.64. The Morgan fingerprint density at radius 1 is 0.970 bits per heavy atom. The fourth-order valence-corrected chi connectivity index (χ4v) is 4.19. The number of hydrogen-bond donors (Lipinski definition) is 2. The Kier molecular flexibility index (Phi) is 5.87. The first-order valence-corrected chi connectivity index (χ1v) is 10.6. The van der Waals surface area contributed by atoms with E-state index < -0.39 is 6.03 Å². The maximum atomic E-state index is 13.3. The summed E-state index contributed by atoms with van der Waals surface area (Å²) in [5.41, 5.74) is 5.41. The Bertz CT molecular complexity index is 1420. The van der Waals surface area contributed by atoms with Crippen LogP contribution in [0.2, 0.25) is 0 Å². The summed E-state index contributed by atoms with van der Waals surface area (Å²) in [6, 6.07) is 14.6. The van der Waals surface area contributed by atoms with Gasteiger partial charge in [0, 0.05) is 29.9 Å². The monoisotopic (exact) mass is 442 g/mol. The van der Waals surface area contributed by atoms with Crippen LogP contribution in [0.4, 0.5) is 16.2 Å². The highest BCUT2D eigenvalue weighted by Gasteiger charge is 2.20. The molecule has 0 radical (unpaired) electrons. The average molecular weight is 443 g/mol. The quantitative estimate of drug-likeness (QED) is 0.456. The molecule has 2 amide bonds. The molecule has 0 atom stereocenters. The summed E-state index contributed by atoms with van der Waals surface area (Å²) < 4.78 is 6.82. The first kappa shape index (κ1) is 22.1. The largest absolute Gasteiger partial charge is 0.497 e. The number of carbonyl (C=O) groups is 1. The summed E-state index contributed by atoms with van der Waals surface area (Å²) in [5, 5.41) is 6.47. The van der Waals surface area contributed by atoms with Gasteiger partial charge in [0.2, 0.25) is 0 Å². The van der Waals surface area contributed by atoms with Crippen LogP contribution < -0.4 is 20.9 Å². The number of nitrogens with one attached hydrogen (secondary N) is 2. The van der Waals surface area contributed by atoms with E-state index in [9.17, 15) is 9.59 Å². The van der Waals surface area contributed by atoms with Gasteiger partial charge in [-0.1, -0.05) is 29.8 Å². The third-order valence-corrected chi connectivity index (χ3v) is 5.65. The standard InChI is InChI=1S/C26H26N4O3/c1-15-12-16(2)22(17(3)13-15)28-26(32)29-23-21(18-8-6-9-19(14-18)33-5)20-10-7-11-27-24(20)30(4)25(23)31/h6-14H,1-5H3,(H2,28,29,32). The lowest BCUT2D eigenvalue weighted by Gasteiger charge is -2.18. The zero-order valence-electron chi connectivity index (χ0n) is 19.3. The van der Waals surface area contributed by atoms with E-state index in [4.69, 9.17) is 4.74 Å². The SMILES string of the molecule is COc1cccc(-c2c(NC(=O)Nc3c(C)cc(C)cc3C)c(=O)n(C)c3ncccc23)c1. The van der Waals surface area contributed by atoms with Gasteiger partial charge in [-0.3, -0.25) is 9.36 Å². The molecule has 2 aromatic carbocycles. The van der Waals surface area contributed by atoms with Gasteiger partial charge in [-0.05, 0) is 61.7 Å². The molecule has 0 aliphatic heterocycles. The minimum atomic E-state index is -0.491. The molecule has 0 saturated heterocycles. The zero-order valence-corrected chi connectivity index (χ0v) is 19.3. The zero-order chi connectivity index (χ0) is 23.7. The molecule has 4 rings (SSSR count). The lowest BCUT2D eigenvalue weighted by molar-refractivity contribution is 0.262. The van der Waals surface area contributed by atoms with Crippen molar-refractivity contribution in [1.82, 2.24) is 9.55 Å². The second-order valence-corrected chi connectivity index (χ2v) is 8.07. The van der Waals surface area contributed by atoms with Crippen molar-refractivity contribution in [1.29, 1.82) is 0 Å². The van der Waals surface area contributed by atoms with Gasteiger partial charge in [0.25, 0.3) is 5.56 Å². The number of rotatable bonds is 4. The number of anilines is 2. The minimum Gasteiger partial charge on any atom is -0.497 e. The molecule has 2 N–H and O–H groups in total. The molecule has 0 unspecified atom stereocenters. The van der Waals surface area contributed by atoms with Crippen LogP contribution in [0.1, 0.15) is 16.7 Å². The third kappa shape index (κ3) is 4.17. The van der Waals surface area contributed by atoms with Crippen LogP contribution in [0, 0.1) is 20.8 Å². The van der Waals surface area contributed by atoms with Crippen LogP contribution in [0.15, 0.2) is 59.5 Å². The van der Waals surface area contributed by atoms with Crippen molar-refractivity contribution in [3.63, 3.8) is 0 Å². The van der Waals surface area contributed by atoms with Crippen LogP contribution in [0.25, 0.3) is 22.2 Å². The second kappa shape index (κ2) is 8.78. The smallest absolute Gasteiger partial charge is 0.323 e. The first-order chi connectivity index (χ1) is 15.8. The lowest BCUT2D eigenvalue weighted by atomic mass is 10.00. The number of aryl methyl sites for hydroxylation is 4. The van der Waals surface area contributed by atoms with Gasteiger partial charge in [0.1, 0.15) is 17.1 Å². The third-order valence-electron chi connectivity index (χ3n) is 5.65. The van der Waals surface area contributed by atoms with Crippen molar-refractivity contribution in [3.05, 3.63) is 81.8 Å². The van der Waals surface area contributed by atoms with Crippen molar-refractivity contribution in [2.75, 3.05) is 17.7 Å². The molecule has 33 heavy (non-hydrogen) atoms. The highest BCUT2D eigenvalue weighted by atomic mass is 16.5. The highest BCUT2D eigenvalue weighted by Crippen LogP contribution is 2.34. The normalized spacial score (nSPS) is 10.8. The van der Waals surface area contributed by atoms with Crippen LogP contribution in [0.5, 0.6) is 5.75 Å². The van der Waals surface area contributed by atoms with E-state index in [0.29, 0.717) is 17.0 Å². The predicted molar refractivity (Wildman–Crippen MR) is 132 cm³/mol. The second-order valence-electron chi connectivity index (χ2n) is 8.07. The van der Waals surface area contributed by atoms with E-state index in [1.807, 2.05) is 63.2 Å². The Hall–Kier alpha value is -4.13. The van der Waals surface area contributed by atoms with Crippen molar-refractivity contribution in [2.24, 2.45) is 7.05 Å². The van der Waals surface area contributed by atoms with Gasteiger partial charge in [-0.25, -0.2) is 9.78 Å². The van der Waals surface area contributed by atoms with E-state index in [1.54, 1.807) is 26.4 Å². The van der Waals surface area contributed by atoms with Gasteiger partial charge in [-0.2, -0.15) is 0 Å². The molecule has 0 bridgehead atoms. The number of nitrogens with zero attached hydrogens (tertiary/aromatic N) is 2. The number of methoxy groups -OCH3 is 1. The van der Waals surface area contributed by atoms with E-state index in [2.05, 4.69) is 15.6 Å². The molecule has 0 fully saturated rings. The molecule has 0 aliphatic rings. The van der Waals surface area contributed by atoms with Gasteiger partial charge in [0.05, 0.1) is 7.11 Å². The average Bonchev–Trinajstić information content (AvgIpc) is 2.80. The van der Waals surface area contributed by atoms with E-state index in [1.165, 1.54) is 4.57 Å². The molecule has 2 aromatic heterocycles. The maximum Gasteiger partial charge on any atom is 0.323 e. The molecular weight excluding hydrogens is 416 g/mol. The van der Waals surface area contributed by atoms with Gasteiger partial charge in [0.15, 0.2) is 0 Å². The number of fused-ring (bicyclic) bond motifs is 1. The summed E-state index contributed by atoms with van der Waals surface area (Å²) in [4.78, 5) is 30.8. The van der Waals surface area contributed by atoms with E-state index in [-0.39, 0.29) is 11.2 Å². The van der Waals surface area contributed by atoms with Crippen molar-refractivity contribution < 1.29 is 9.53 Å². The van der Waals surface area contributed by atoms with Crippen LogP contribution in [-0.2, 0) is 7.05 Å². The summed E-state index contributed by atoms with van der Waals surface area (Å²) in [7, 11) is 3.23. The number of benzene rings is 2. The van der Waals surface area contributed by atoms with Crippen LogP contribution in [0.3, 0.4) is 0 Å². The molecule has 0 aliphatic carbocycles. The van der Waals surface area contributed by atoms with Crippen molar-refractivity contribution in [2.45, 2.75) is 20.8 Å². The Labute approximate surface area is 192 Å². The molecule has 0 spiro atoms. The Balaban J connectivity index is 1.86. The molecule has 7 heteroatoms. The molecule has 0 saturated carbocycles. The van der Waals surface area contributed by atoms with E-state index in [0.717, 1.165) is 33.3 Å². The maximum absolute atomic E-state index is 13.3. The van der Waals surface area contributed by atoms with Crippen molar-refractivity contribution in [3.8, 4) is 16.9 Å². The summed E-state index contributed by atoms with van der Waals surface area (Å²) in [6.45, 7) is 5.90. The topological polar surface area (TPSA) is 85.3 Å². The van der Waals surface area contributed by atoms with Crippen molar-refractivity contribution >= 4 is 28.4 Å². The first-order valence-electron chi connectivity index (χ1n) is 10.6.